The average Bonchev–Trinajstić information content (AvgIpc) is 2.62. The van der Waals surface area contributed by atoms with Crippen molar-refractivity contribution in [3.63, 3.8) is 0 Å². The van der Waals surface area contributed by atoms with Crippen LogP contribution in [0.2, 0.25) is 5.02 Å². The van der Waals surface area contributed by atoms with Crippen LogP contribution in [0.4, 0.5) is 23.1 Å². The third kappa shape index (κ3) is 4.81. The van der Waals surface area contributed by atoms with Gasteiger partial charge in [0.05, 0.1) is 6.20 Å². The maximum Gasteiger partial charge on any atom is 0.249 e. The standard InChI is InChI=1S/C18H19ClN6/c1-25(2)16-9-7-15(8-10-16)22-18-23-17(12-21-24-18)20-11-13-3-5-14(19)6-4-13/h3-10,12H,11H2,1-2H3,(H2,20,22,23,24). The molecule has 0 saturated heterocycles. The Balaban J connectivity index is 1.63. The molecule has 2 N–H and O–H groups in total. The van der Waals surface area contributed by atoms with Gasteiger partial charge in [-0.1, -0.05) is 23.7 Å². The summed E-state index contributed by atoms with van der Waals surface area (Å²) < 4.78 is 0. The van der Waals surface area contributed by atoms with E-state index in [-0.39, 0.29) is 0 Å². The first kappa shape index (κ1) is 17.0. The van der Waals surface area contributed by atoms with Crippen LogP contribution < -0.4 is 15.5 Å². The van der Waals surface area contributed by atoms with Crippen LogP contribution in [0, 0.1) is 0 Å². The molecular formula is C18H19ClN6. The fraction of sp³-hybridized carbons (Fsp3) is 0.167. The lowest BCUT2D eigenvalue weighted by Gasteiger charge is -2.13. The van der Waals surface area contributed by atoms with Crippen LogP contribution in [0.15, 0.2) is 54.7 Å². The third-order valence-electron chi connectivity index (χ3n) is 3.59. The molecule has 0 aliphatic rings. The Labute approximate surface area is 151 Å². The minimum atomic E-state index is 0.443. The summed E-state index contributed by atoms with van der Waals surface area (Å²) in [6, 6.07) is 15.7. The van der Waals surface area contributed by atoms with E-state index in [0.717, 1.165) is 22.0 Å². The maximum absolute atomic E-state index is 5.89. The zero-order valence-electron chi connectivity index (χ0n) is 14.1. The third-order valence-corrected chi connectivity index (χ3v) is 3.84. The van der Waals surface area contributed by atoms with Gasteiger partial charge in [0.15, 0.2) is 5.82 Å². The quantitative estimate of drug-likeness (QED) is 0.698. The highest BCUT2D eigenvalue weighted by Gasteiger charge is 2.03. The van der Waals surface area contributed by atoms with Crippen LogP contribution in [-0.2, 0) is 6.54 Å². The van der Waals surface area contributed by atoms with Gasteiger partial charge in [-0.05, 0) is 42.0 Å². The van der Waals surface area contributed by atoms with E-state index in [1.807, 2.05) is 67.5 Å². The lowest BCUT2D eigenvalue weighted by atomic mass is 10.2. The van der Waals surface area contributed by atoms with Crippen molar-refractivity contribution in [3.8, 4) is 0 Å². The van der Waals surface area contributed by atoms with Crippen molar-refractivity contribution >= 4 is 34.7 Å². The number of rotatable bonds is 6. The van der Waals surface area contributed by atoms with Crippen molar-refractivity contribution in [1.82, 2.24) is 15.2 Å². The van der Waals surface area contributed by atoms with Crippen LogP contribution in [-0.4, -0.2) is 29.3 Å². The van der Waals surface area contributed by atoms with Gasteiger partial charge in [0.25, 0.3) is 0 Å². The van der Waals surface area contributed by atoms with Crippen LogP contribution in [0.1, 0.15) is 5.56 Å². The molecule has 128 valence electrons. The molecule has 6 nitrogen and oxygen atoms in total. The summed E-state index contributed by atoms with van der Waals surface area (Å²) >= 11 is 5.89. The van der Waals surface area contributed by atoms with E-state index in [1.165, 1.54) is 0 Å². The van der Waals surface area contributed by atoms with Gasteiger partial charge in [0, 0.05) is 37.0 Å². The SMILES string of the molecule is CN(C)c1ccc(Nc2nncc(NCc3ccc(Cl)cc3)n2)cc1. The van der Waals surface area contributed by atoms with Gasteiger partial charge in [-0.15, -0.1) is 5.10 Å². The van der Waals surface area contributed by atoms with E-state index < -0.39 is 0 Å². The normalized spacial score (nSPS) is 10.4. The first-order valence-electron chi connectivity index (χ1n) is 7.82. The fourth-order valence-corrected chi connectivity index (χ4v) is 2.33. The molecule has 3 aromatic rings. The molecule has 7 heteroatoms. The first-order valence-corrected chi connectivity index (χ1v) is 8.20. The van der Waals surface area contributed by atoms with Crippen molar-refractivity contribution in [2.45, 2.75) is 6.54 Å². The predicted octanol–water partition coefficient (Wildman–Crippen LogP) is 3.95. The largest absolute Gasteiger partial charge is 0.378 e. The van der Waals surface area contributed by atoms with Crippen LogP contribution in [0.25, 0.3) is 0 Å². The summed E-state index contributed by atoms with van der Waals surface area (Å²) in [4.78, 5) is 6.47. The second-order valence-corrected chi connectivity index (χ2v) is 6.15. The highest BCUT2D eigenvalue weighted by Crippen LogP contribution is 2.18. The summed E-state index contributed by atoms with van der Waals surface area (Å²) in [5, 5.41) is 15.1. The van der Waals surface area contributed by atoms with Crippen molar-refractivity contribution in [2.75, 3.05) is 29.6 Å². The van der Waals surface area contributed by atoms with Crippen molar-refractivity contribution in [2.24, 2.45) is 0 Å². The molecule has 0 spiro atoms. The molecule has 0 bridgehead atoms. The first-order chi connectivity index (χ1) is 12.1. The molecule has 25 heavy (non-hydrogen) atoms. The number of hydrogen-bond donors (Lipinski definition) is 2. The second-order valence-electron chi connectivity index (χ2n) is 5.71. The van der Waals surface area contributed by atoms with Crippen LogP contribution in [0.3, 0.4) is 0 Å². The Kier molecular flexibility index (Phi) is 5.30. The Morgan fingerprint density at radius 1 is 1.00 bits per heavy atom. The van der Waals surface area contributed by atoms with E-state index >= 15 is 0 Å². The molecule has 0 radical (unpaired) electrons. The number of benzene rings is 2. The van der Waals surface area contributed by atoms with Crippen molar-refractivity contribution in [1.29, 1.82) is 0 Å². The molecule has 0 saturated carbocycles. The minimum Gasteiger partial charge on any atom is -0.378 e. The molecule has 3 rings (SSSR count). The number of anilines is 4. The van der Waals surface area contributed by atoms with Crippen molar-refractivity contribution in [3.05, 3.63) is 65.3 Å². The Morgan fingerprint density at radius 3 is 2.40 bits per heavy atom. The van der Waals surface area contributed by atoms with Crippen LogP contribution >= 0.6 is 11.6 Å². The van der Waals surface area contributed by atoms with Crippen LogP contribution in [0.5, 0.6) is 0 Å². The topological polar surface area (TPSA) is 66.0 Å². The Bertz CT molecular complexity index is 818. The van der Waals surface area contributed by atoms with E-state index in [2.05, 4.69) is 25.8 Å². The van der Waals surface area contributed by atoms with E-state index in [4.69, 9.17) is 11.6 Å². The molecular weight excluding hydrogens is 336 g/mol. The fourth-order valence-electron chi connectivity index (χ4n) is 2.21. The lowest BCUT2D eigenvalue weighted by Crippen LogP contribution is -2.08. The molecule has 0 aliphatic heterocycles. The van der Waals surface area contributed by atoms with Gasteiger partial charge >= 0.3 is 0 Å². The molecule has 0 aliphatic carbocycles. The molecule has 2 aromatic carbocycles. The molecule has 0 fully saturated rings. The Hall–Kier alpha value is -2.86. The van der Waals surface area contributed by atoms with Crippen molar-refractivity contribution < 1.29 is 0 Å². The molecule has 0 atom stereocenters. The van der Waals surface area contributed by atoms with Gasteiger partial charge in [0.1, 0.15) is 0 Å². The zero-order valence-corrected chi connectivity index (χ0v) is 14.8. The van der Waals surface area contributed by atoms with Gasteiger partial charge in [-0.2, -0.15) is 10.1 Å². The molecule has 0 unspecified atom stereocenters. The summed E-state index contributed by atoms with van der Waals surface area (Å²) in [7, 11) is 4.01. The molecule has 1 heterocycles. The lowest BCUT2D eigenvalue weighted by molar-refractivity contribution is 0.966. The molecule has 0 amide bonds. The number of nitrogens with one attached hydrogen (secondary N) is 2. The zero-order chi connectivity index (χ0) is 17.6. The summed E-state index contributed by atoms with van der Waals surface area (Å²) in [5.74, 6) is 1.09. The van der Waals surface area contributed by atoms with Gasteiger partial charge in [-0.25, -0.2) is 0 Å². The van der Waals surface area contributed by atoms with Gasteiger partial charge in [-0.3, -0.25) is 0 Å². The van der Waals surface area contributed by atoms with Gasteiger partial charge in [0.2, 0.25) is 5.95 Å². The maximum atomic E-state index is 5.89. The monoisotopic (exact) mass is 354 g/mol. The average molecular weight is 355 g/mol. The Morgan fingerprint density at radius 2 is 1.72 bits per heavy atom. The summed E-state index contributed by atoms with van der Waals surface area (Å²) in [6.07, 6.45) is 1.59. The number of nitrogens with zero attached hydrogens (tertiary/aromatic N) is 4. The smallest absolute Gasteiger partial charge is 0.249 e. The summed E-state index contributed by atoms with van der Waals surface area (Å²) in [5.41, 5.74) is 3.14. The highest BCUT2D eigenvalue weighted by molar-refractivity contribution is 6.30. The predicted molar refractivity (Wildman–Crippen MR) is 103 cm³/mol. The number of aromatic nitrogens is 3. The minimum absolute atomic E-state index is 0.443. The number of hydrogen-bond acceptors (Lipinski definition) is 6. The van der Waals surface area contributed by atoms with E-state index in [0.29, 0.717) is 18.3 Å². The van der Waals surface area contributed by atoms with E-state index in [9.17, 15) is 0 Å². The number of halogens is 1. The molecule has 1 aromatic heterocycles. The summed E-state index contributed by atoms with van der Waals surface area (Å²) in [6.45, 7) is 0.632. The van der Waals surface area contributed by atoms with E-state index in [1.54, 1.807) is 6.20 Å². The van der Waals surface area contributed by atoms with Gasteiger partial charge < -0.3 is 15.5 Å². The highest BCUT2D eigenvalue weighted by atomic mass is 35.5. The second kappa shape index (κ2) is 7.81.